The third-order valence-electron chi connectivity index (χ3n) is 4.92. The first-order valence-corrected chi connectivity index (χ1v) is 7.93. The average Bonchev–Trinajstić information content (AvgIpc) is 2.48. The molecule has 0 spiro atoms. The van der Waals surface area contributed by atoms with Gasteiger partial charge in [0.1, 0.15) is 0 Å². The van der Waals surface area contributed by atoms with Gasteiger partial charge < -0.3 is 15.7 Å². The van der Waals surface area contributed by atoms with Crippen LogP contribution in [0.4, 0.5) is 0 Å². The SMILES string of the molecule is CC(C)(C(=O)NC1CCCCC1CO)N1CCNCC1. The van der Waals surface area contributed by atoms with E-state index in [0.29, 0.717) is 0 Å². The van der Waals surface area contributed by atoms with Crippen molar-refractivity contribution in [3.05, 3.63) is 0 Å². The molecule has 0 radical (unpaired) electrons. The van der Waals surface area contributed by atoms with E-state index < -0.39 is 5.54 Å². The van der Waals surface area contributed by atoms with Crippen LogP contribution in [-0.2, 0) is 4.79 Å². The molecule has 5 nitrogen and oxygen atoms in total. The van der Waals surface area contributed by atoms with E-state index in [1.165, 1.54) is 6.42 Å². The monoisotopic (exact) mass is 283 g/mol. The molecule has 0 aromatic rings. The molecule has 1 amide bonds. The largest absolute Gasteiger partial charge is 0.396 e. The summed E-state index contributed by atoms with van der Waals surface area (Å²) in [7, 11) is 0. The van der Waals surface area contributed by atoms with E-state index in [9.17, 15) is 9.90 Å². The minimum Gasteiger partial charge on any atom is -0.396 e. The van der Waals surface area contributed by atoms with E-state index in [2.05, 4.69) is 15.5 Å². The zero-order chi connectivity index (χ0) is 14.6. The van der Waals surface area contributed by atoms with Gasteiger partial charge in [0.05, 0.1) is 5.54 Å². The van der Waals surface area contributed by atoms with Crippen molar-refractivity contribution >= 4 is 5.91 Å². The molecule has 5 heteroatoms. The van der Waals surface area contributed by atoms with E-state index in [0.717, 1.165) is 45.4 Å². The molecule has 1 heterocycles. The quantitative estimate of drug-likeness (QED) is 0.696. The maximum Gasteiger partial charge on any atom is 0.240 e. The summed E-state index contributed by atoms with van der Waals surface area (Å²) in [6, 6.07) is 0.142. The average molecular weight is 283 g/mol. The van der Waals surface area contributed by atoms with Gasteiger partial charge in [-0.2, -0.15) is 0 Å². The number of rotatable bonds is 4. The summed E-state index contributed by atoms with van der Waals surface area (Å²) in [4.78, 5) is 14.9. The van der Waals surface area contributed by atoms with Crippen LogP contribution in [0.1, 0.15) is 39.5 Å². The minimum absolute atomic E-state index is 0.102. The van der Waals surface area contributed by atoms with Crippen LogP contribution in [0.15, 0.2) is 0 Å². The molecule has 20 heavy (non-hydrogen) atoms. The zero-order valence-corrected chi connectivity index (χ0v) is 12.8. The van der Waals surface area contributed by atoms with E-state index in [1.54, 1.807) is 0 Å². The van der Waals surface area contributed by atoms with Crippen LogP contribution >= 0.6 is 0 Å². The van der Waals surface area contributed by atoms with Crippen molar-refractivity contribution in [1.29, 1.82) is 0 Å². The molecular formula is C15H29N3O2. The Labute approximate surface area is 122 Å². The Morgan fingerprint density at radius 3 is 2.60 bits per heavy atom. The van der Waals surface area contributed by atoms with Crippen molar-refractivity contribution in [2.24, 2.45) is 5.92 Å². The molecule has 2 unspecified atom stereocenters. The highest BCUT2D eigenvalue weighted by Crippen LogP contribution is 2.25. The van der Waals surface area contributed by atoms with Crippen LogP contribution in [0.2, 0.25) is 0 Å². The van der Waals surface area contributed by atoms with Gasteiger partial charge in [-0.15, -0.1) is 0 Å². The molecule has 2 aliphatic rings. The standard InChI is InChI=1S/C15H29N3O2/c1-15(2,18-9-7-16-8-10-18)14(20)17-13-6-4-3-5-12(13)11-19/h12-13,16,19H,3-11H2,1-2H3,(H,17,20). The lowest BCUT2D eigenvalue weighted by Crippen LogP contribution is -2.61. The number of hydrogen-bond donors (Lipinski definition) is 3. The maximum absolute atomic E-state index is 12.6. The Morgan fingerprint density at radius 1 is 1.30 bits per heavy atom. The number of nitrogens with one attached hydrogen (secondary N) is 2. The number of carbonyl (C=O) groups excluding carboxylic acids is 1. The summed E-state index contributed by atoms with van der Waals surface area (Å²) in [5.74, 6) is 0.330. The number of carbonyl (C=O) groups is 1. The summed E-state index contributed by atoms with van der Waals surface area (Å²) in [5, 5.41) is 16.0. The molecule has 1 saturated heterocycles. The molecular weight excluding hydrogens is 254 g/mol. The van der Waals surface area contributed by atoms with Crippen LogP contribution in [0, 0.1) is 5.92 Å². The fraction of sp³-hybridized carbons (Fsp3) is 0.933. The van der Waals surface area contributed by atoms with Crippen molar-refractivity contribution in [2.75, 3.05) is 32.8 Å². The number of piperazine rings is 1. The van der Waals surface area contributed by atoms with Gasteiger partial charge in [-0.05, 0) is 26.7 Å². The summed E-state index contributed by atoms with van der Waals surface area (Å²) < 4.78 is 0. The number of aliphatic hydroxyl groups excluding tert-OH is 1. The first kappa shape index (κ1) is 15.7. The predicted octanol–water partition coefficient (Wildman–Crippen LogP) is 0.338. The van der Waals surface area contributed by atoms with E-state index in [-0.39, 0.29) is 24.5 Å². The van der Waals surface area contributed by atoms with Crippen molar-refractivity contribution in [3.8, 4) is 0 Å². The third kappa shape index (κ3) is 3.51. The fourth-order valence-electron chi connectivity index (χ4n) is 3.33. The number of hydrogen-bond acceptors (Lipinski definition) is 4. The molecule has 0 aromatic heterocycles. The van der Waals surface area contributed by atoms with Crippen LogP contribution in [-0.4, -0.2) is 60.3 Å². The molecule has 1 saturated carbocycles. The highest BCUT2D eigenvalue weighted by Gasteiger charge is 2.37. The summed E-state index contributed by atoms with van der Waals surface area (Å²) >= 11 is 0. The highest BCUT2D eigenvalue weighted by atomic mass is 16.3. The lowest BCUT2D eigenvalue weighted by molar-refractivity contribution is -0.133. The second-order valence-electron chi connectivity index (χ2n) is 6.60. The first-order valence-electron chi connectivity index (χ1n) is 7.93. The maximum atomic E-state index is 12.6. The van der Waals surface area contributed by atoms with Gasteiger partial charge in [0.2, 0.25) is 5.91 Å². The molecule has 2 atom stereocenters. The van der Waals surface area contributed by atoms with Crippen molar-refractivity contribution < 1.29 is 9.90 Å². The van der Waals surface area contributed by atoms with Gasteiger partial charge in [0.15, 0.2) is 0 Å². The molecule has 116 valence electrons. The van der Waals surface area contributed by atoms with Gasteiger partial charge in [-0.25, -0.2) is 0 Å². The number of amides is 1. The van der Waals surface area contributed by atoms with Crippen LogP contribution in [0.5, 0.6) is 0 Å². The Morgan fingerprint density at radius 2 is 1.95 bits per heavy atom. The van der Waals surface area contributed by atoms with Crippen molar-refractivity contribution in [1.82, 2.24) is 15.5 Å². The molecule has 2 rings (SSSR count). The van der Waals surface area contributed by atoms with Gasteiger partial charge in [0, 0.05) is 44.7 Å². The van der Waals surface area contributed by atoms with E-state index in [1.807, 2.05) is 13.8 Å². The molecule has 2 fully saturated rings. The third-order valence-corrected chi connectivity index (χ3v) is 4.92. The molecule has 1 aliphatic carbocycles. The zero-order valence-electron chi connectivity index (χ0n) is 12.8. The lowest BCUT2D eigenvalue weighted by Gasteiger charge is -2.41. The van der Waals surface area contributed by atoms with Gasteiger partial charge in [-0.1, -0.05) is 12.8 Å². The second kappa shape index (κ2) is 6.87. The molecule has 0 aromatic carbocycles. The van der Waals surface area contributed by atoms with Crippen LogP contribution in [0.25, 0.3) is 0 Å². The Kier molecular flexibility index (Phi) is 5.41. The smallest absolute Gasteiger partial charge is 0.240 e. The van der Waals surface area contributed by atoms with E-state index in [4.69, 9.17) is 0 Å². The summed E-state index contributed by atoms with van der Waals surface area (Å²) in [6.45, 7) is 7.90. The first-order chi connectivity index (χ1) is 9.55. The van der Waals surface area contributed by atoms with Gasteiger partial charge >= 0.3 is 0 Å². The van der Waals surface area contributed by atoms with Crippen molar-refractivity contribution in [2.45, 2.75) is 51.1 Å². The molecule has 3 N–H and O–H groups in total. The van der Waals surface area contributed by atoms with Gasteiger partial charge in [0.25, 0.3) is 0 Å². The Hall–Kier alpha value is -0.650. The number of nitrogens with zero attached hydrogens (tertiary/aromatic N) is 1. The highest BCUT2D eigenvalue weighted by molar-refractivity contribution is 5.85. The minimum atomic E-state index is -0.473. The van der Waals surface area contributed by atoms with Crippen molar-refractivity contribution in [3.63, 3.8) is 0 Å². The van der Waals surface area contributed by atoms with Crippen LogP contribution in [0.3, 0.4) is 0 Å². The summed E-state index contributed by atoms with van der Waals surface area (Å²) in [5.41, 5.74) is -0.473. The molecule has 0 bridgehead atoms. The Balaban J connectivity index is 1.94. The second-order valence-corrected chi connectivity index (χ2v) is 6.60. The predicted molar refractivity (Wildman–Crippen MR) is 79.5 cm³/mol. The lowest BCUT2D eigenvalue weighted by atomic mass is 9.84. The fourth-order valence-corrected chi connectivity index (χ4v) is 3.33. The van der Waals surface area contributed by atoms with Gasteiger partial charge in [-0.3, -0.25) is 9.69 Å². The topological polar surface area (TPSA) is 64.6 Å². The molecule has 1 aliphatic heterocycles. The van der Waals surface area contributed by atoms with Crippen LogP contribution < -0.4 is 10.6 Å². The normalized spacial score (nSPS) is 29.1. The summed E-state index contributed by atoms with van der Waals surface area (Å²) in [6.07, 6.45) is 4.33. The Bertz CT molecular complexity index is 327. The number of aliphatic hydroxyl groups is 1. The van der Waals surface area contributed by atoms with E-state index >= 15 is 0 Å².